The van der Waals surface area contributed by atoms with Crippen molar-refractivity contribution < 1.29 is 17.6 Å². The number of para-hydroxylation sites is 1. The maximum absolute atomic E-state index is 13.2. The van der Waals surface area contributed by atoms with Gasteiger partial charge in [-0.15, -0.1) is 0 Å². The normalized spacial score (nSPS) is 15.0. The molecule has 1 aliphatic heterocycles. The number of carbonyl (C=O) groups is 1. The van der Waals surface area contributed by atoms with Crippen LogP contribution in [0.3, 0.4) is 0 Å². The Morgan fingerprint density at radius 3 is 2.23 bits per heavy atom. The lowest BCUT2D eigenvalue weighted by molar-refractivity contribution is 0.0761. The molecule has 0 radical (unpaired) electrons. The van der Waals surface area contributed by atoms with Gasteiger partial charge in [0, 0.05) is 44.8 Å². The number of hydrogen-bond donors (Lipinski definition) is 0. The summed E-state index contributed by atoms with van der Waals surface area (Å²) in [5, 5.41) is 0. The average molecular weight is 496 g/mol. The zero-order valence-electron chi connectivity index (χ0n) is 19.8. The minimum Gasteiger partial charge on any atom is -0.337 e. The van der Waals surface area contributed by atoms with E-state index in [-0.39, 0.29) is 16.6 Å². The van der Waals surface area contributed by atoms with Gasteiger partial charge in [-0.25, -0.2) is 12.8 Å². The van der Waals surface area contributed by atoms with Crippen molar-refractivity contribution in [1.29, 1.82) is 0 Å². The maximum Gasteiger partial charge on any atom is 0.264 e. The lowest BCUT2D eigenvalue weighted by Gasteiger charge is -2.24. The lowest BCUT2D eigenvalue weighted by atomic mass is 10.2. The summed E-state index contributed by atoms with van der Waals surface area (Å²) in [6.45, 7) is 5.59. The van der Waals surface area contributed by atoms with E-state index in [0.29, 0.717) is 37.4 Å². The molecule has 1 heterocycles. The smallest absolute Gasteiger partial charge is 0.264 e. The largest absolute Gasteiger partial charge is 0.337 e. The topological polar surface area (TPSA) is 60.9 Å². The fourth-order valence-electron chi connectivity index (χ4n) is 4.34. The number of carbonyl (C=O) groups excluding carboxylic acids is 1. The van der Waals surface area contributed by atoms with Gasteiger partial charge >= 0.3 is 0 Å². The molecule has 0 N–H and O–H groups in total. The molecule has 4 rings (SSSR count). The van der Waals surface area contributed by atoms with Gasteiger partial charge < -0.3 is 4.90 Å². The van der Waals surface area contributed by atoms with Gasteiger partial charge in [0.25, 0.3) is 15.9 Å². The summed E-state index contributed by atoms with van der Waals surface area (Å²) in [7, 11) is -3.74. The maximum atomic E-state index is 13.2. The highest BCUT2D eigenvalue weighted by atomic mass is 32.2. The molecule has 3 aromatic rings. The molecule has 1 aliphatic rings. The number of hydrogen-bond acceptors (Lipinski definition) is 4. The first-order valence-corrected chi connectivity index (χ1v) is 13.3. The molecule has 0 saturated carbocycles. The van der Waals surface area contributed by atoms with Crippen LogP contribution >= 0.6 is 0 Å². The molecular weight excluding hydrogens is 465 g/mol. The molecule has 0 aromatic heterocycles. The monoisotopic (exact) mass is 495 g/mol. The SMILES string of the molecule is CCN(c1ccccc1)S(=O)(=O)c1ccc(C(=O)N2CCCN(Cc3ccc(F)cc3)CC2)cc1. The van der Waals surface area contributed by atoms with Crippen molar-refractivity contribution in [2.45, 2.75) is 24.8 Å². The van der Waals surface area contributed by atoms with E-state index in [4.69, 9.17) is 0 Å². The fraction of sp³-hybridized carbons (Fsp3) is 0.296. The minimum absolute atomic E-state index is 0.104. The second-order valence-electron chi connectivity index (χ2n) is 8.58. The molecule has 0 unspecified atom stereocenters. The predicted molar refractivity (Wildman–Crippen MR) is 135 cm³/mol. The van der Waals surface area contributed by atoms with Crippen LogP contribution in [0.2, 0.25) is 0 Å². The van der Waals surface area contributed by atoms with Gasteiger partial charge in [0.2, 0.25) is 0 Å². The van der Waals surface area contributed by atoms with Gasteiger partial charge in [0.05, 0.1) is 10.6 Å². The first kappa shape index (κ1) is 24.9. The van der Waals surface area contributed by atoms with E-state index < -0.39 is 10.0 Å². The van der Waals surface area contributed by atoms with Crippen LogP contribution in [0.5, 0.6) is 0 Å². The van der Waals surface area contributed by atoms with Crippen molar-refractivity contribution in [1.82, 2.24) is 9.80 Å². The molecule has 35 heavy (non-hydrogen) atoms. The van der Waals surface area contributed by atoms with E-state index in [9.17, 15) is 17.6 Å². The van der Waals surface area contributed by atoms with Gasteiger partial charge in [-0.1, -0.05) is 30.3 Å². The Morgan fingerprint density at radius 2 is 1.57 bits per heavy atom. The van der Waals surface area contributed by atoms with E-state index in [1.54, 1.807) is 55.5 Å². The van der Waals surface area contributed by atoms with Crippen molar-refractivity contribution in [3.05, 3.63) is 95.8 Å². The van der Waals surface area contributed by atoms with E-state index in [2.05, 4.69) is 4.90 Å². The first-order chi connectivity index (χ1) is 16.9. The molecule has 0 aliphatic carbocycles. The van der Waals surface area contributed by atoms with Gasteiger partial charge in [-0.3, -0.25) is 14.0 Å². The molecule has 0 bridgehead atoms. The third kappa shape index (κ3) is 5.89. The van der Waals surface area contributed by atoms with E-state index >= 15 is 0 Å². The summed E-state index contributed by atoms with van der Waals surface area (Å²) in [5.41, 5.74) is 2.11. The molecule has 6 nitrogen and oxygen atoms in total. The Labute approximate surface area is 206 Å². The number of amides is 1. The van der Waals surface area contributed by atoms with Crippen LogP contribution in [0.1, 0.15) is 29.3 Å². The molecule has 3 aromatic carbocycles. The number of anilines is 1. The van der Waals surface area contributed by atoms with Gasteiger partial charge in [0.1, 0.15) is 5.82 Å². The molecule has 8 heteroatoms. The molecule has 0 atom stereocenters. The summed E-state index contributed by atoms with van der Waals surface area (Å²) < 4.78 is 40.9. The number of benzene rings is 3. The van der Waals surface area contributed by atoms with Gasteiger partial charge in [0.15, 0.2) is 0 Å². The summed E-state index contributed by atoms with van der Waals surface area (Å²) >= 11 is 0. The molecule has 1 amide bonds. The third-order valence-electron chi connectivity index (χ3n) is 6.22. The molecule has 0 spiro atoms. The number of rotatable bonds is 7. The Morgan fingerprint density at radius 1 is 0.886 bits per heavy atom. The lowest BCUT2D eigenvalue weighted by Crippen LogP contribution is -2.35. The predicted octanol–water partition coefficient (Wildman–Crippen LogP) is 4.39. The molecular formula is C27H30FN3O3S. The van der Waals surface area contributed by atoms with Gasteiger partial charge in [-0.05, 0) is 67.4 Å². The van der Waals surface area contributed by atoms with Crippen LogP contribution in [0.25, 0.3) is 0 Å². The Bertz CT molecular complexity index is 1230. The van der Waals surface area contributed by atoms with E-state index in [1.807, 2.05) is 11.0 Å². The molecule has 1 fully saturated rings. The van der Waals surface area contributed by atoms with Crippen LogP contribution < -0.4 is 4.31 Å². The summed E-state index contributed by atoms with van der Waals surface area (Å²) in [6, 6.07) is 21.7. The van der Waals surface area contributed by atoms with Crippen LogP contribution in [-0.2, 0) is 16.6 Å². The Hall–Kier alpha value is -3.23. The van der Waals surface area contributed by atoms with Crippen LogP contribution in [0, 0.1) is 5.82 Å². The van der Waals surface area contributed by atoms with Crippen LogP contribution in [-0.4, -0.2) is 56.8 Å². The van der Waals surface area contributed by atoms with E-state index in [1.165, 1.54) is 28.6 Å². The van der Waals surface area contributed by atoms with Crippen LogP contribution in [0.4, 0.5) is 10.1 Å². The first-order valence-electron chi connectivity index (χ1n) is 11.8. The minimum atomic E-state index is -3.74. The highest BCUT2D eigenvalue weighted by Gasteiger charge is 2.25. The van der Waals surface area contributed by atoms with Crippen molar-refractivity contribution in [3.63, 3.8) is 0 Å². The summed E-state index contributed by atoms with van der Waals surface area (Å²) in [5.74, 6) is -0.351. The Balaban J connectivity index is 1.41. The van der Waals surface area contributed by atoms with Crippen LogP contribution in [0.15, 0.2) is 83.8 Å². The second-order valence-corrected chi connectivity index (χ2v) is 10.4. The standard InChI is InChI=1S/C27H30FN3O3S/c1-2-31(25-7-4-3-5-8-25)35(33,34)26-15-11-23(12-16-26)27(32)30-18-6-17-29(19-20-30)21-22-9-13-24(28)14-10-22/h3-5,7-16H,2,6,17-21H2,1H3. The number of halogens is 1. The summed E-state index contributed by atoms with van der Waals surface area (Å²) in [4.78, 5) is 17.4. The van der Waals surface area contributed by atoms with Gasteiger partial charge in [-0.2, -0.15) is 0 Å². The average Bonchev–Trinajstić information content (AvgIpc) is 3.11. The number of nitrogens with zero attached hydrogens (tertiary/aromatic N) is 3. The van der Waals surface area contributed by atoms with Crippen molar-refractivity contribution in [3.8, 4) is 0 Å². The third-order valence-corrected chi connectivity index (χ3v) is 8.13. The summed E-state index contributed by atoms with van der Waals surface area (Å²) in [6.07, 6.45) is 0.835. The highest BCUT2D eigenvalue weighted by Crippen LogP contribution is 2.24. The van der Waals surface area contributed by atoms with Crippen molar-refractivity contribution in [2.75, 3.05) is 37.0 Å². The van der Waals surface area contributed by atoms with Crippen molar-refractivity contribution >= 4 is 21.6 Å². The number of sulfonamides is 1. The van der Waals surface area contributed by atoms with Crippen molar-refractivity contribution in [2.24, 2.45) is 0 Å². The molecule has 184 valence electrons. The molecule has 1 saturated heterocycles. The second kappa shape index (κ2) is 11.0. The zero-order valence-corrected chi connectivity index (χ0v) is 20.6. The van der Waals surface area contributed by atoms with E-state index in [0.717, 1.165) is 25.1 Å². The zero-order chi connectivity index (χ0) is 24.8. The Kier molecular flexibility index (Phi) is 7.83. The quantitative estimate of drug-likeness (QED) is 0.488. The fourth-order valence-corrected chi connectivity index (χ4v) is 5.82. The highest BCUT2D eigenvalue weighted by molar-refractivity contribution is 7.92.